The van der Waals surface area contributed by atoms with Crippen LogP contribution in [0, 0.1) is 0 Å². The quantitative estimate of drug-likeness (QED) is 0.907. The molecule has 1 aromatic carbocycles. The van der Waals surface area contributed by atoms with Gasteiger partial charge in [0, 0.05) is 24.8 Å². The highest BCUT2D eigenvalue weighted by Gasteiger charge is 2.32. The molecule has 26 heavy (non-hydrogen) atoms. The summed E-state index contributed by atoms with van der Waals surface area (Å²) < 4.78 is 39.9. The Morgan fingerprint density at radius 1 is 1.31 bits per heavy atom. The molecule has 1 aliphatic rings. The van der Waals surface area contributed by atoms with Crippen LogP contribution >= 0.6 is 0 Å². The molecular weight excluding hydrogens is 345 g/mol. The monoisotopic (exact) mass is 366 g/mol. The van der Waals surface area contributed by atoms with E-state index in [1.807, 2.05) is 6.92 Å². The average molecular weight is 366 g/mol. The van der Waals surface area contributed by atoms with E-state index in [2.05, 4.69) is 5.10 Å². The fourth-order valence-electron chi connectivity index (χ4n) is 3.31. The molecule has 2 unspecified atom stereocenters. The van der Waals surface area contributed by atoms with Crippen LogP contribution in [0.15, 0.2) is 36.5 Å². The first-order valence-corrected chi connectivity index (χ1v) is 8.57. The molecule has 1 aromatic heterocycles. The average Bonchev–Trinajstić information content (AvgIpc) is 3.10. The number of carbonyl (C=O) groups is 1. The Labute approximate surface area is 149 Å². The van der Waals surface area contributed by atoms with Gasteiger partial charge < -0.3 is 10.6 Å². The van der Waals surface area contributed by atoms with Crippen molar-refractivity contribution >= 4 is 5.91 Å². The highest BCUT2D eigenvalue weighted by molar-refractivity contribution is 5.92. The van der Waals surface area contributed by atoms with Crippen molar-refractivity contribution in [3.8, 4) is 5.69 Å². The van der Waals surface area contributed by atoms with E-state index in [4.69, 9.17) is 5.73 Å². The molecule has 0 bridgehead atoms. The van der Waals surface area contributed by atoms with Crippen molar-refractivity contribution in [2.75, 3.05) is 6.54 Å². The van der Waals surface area contributed by atoms with E-state index >= 15 is 0 Å². The minimum absolute atomic E-state index is 0.0463. The fraction of sp³-hybridized carbons (Fsp3) is 0.444. The summed E-state index contributed by atoms with van der Waals surface area (Å²) in [5, 5.41) is 4.19. The predicted octanol–water partition coefficient (Wildman–Crippen LogP) is 3.23. The predicted molar refractivity (Wildman–Crippen MR) is 90.9 cm³/mol. The molecular formula is C18H21F3N4O. The van der Waals surface area contributed by atoms with E-state index in [-0.39, 0.29) is 29.4 Å². The number of aromatic nitrogens is 2. The molecule has 1 fully saturated rings. The van der Waals surface area contributed by atoms with Crippen LogP contribution in [-0.4, -0.2) is 39.2 Å². The van der Waals surface area contributed by atoms with Crippen LogP contribution in [0.5, 0.6) is 0 Å². The van der Waals surface area contributed by atoms with Crippen LogP contribution < -0.4 is 5.73 Å². The Bertz CT molecular complexity index is 785. The molecule has 0 radical (unpaired) electrons. The molecule has 2 atom stereocenters. The van der Waals surface area contributed by atoms with Gasteiger partial charge in [-0.15, -0.1) is 0 Å². The molecule has 0 spiro atoms. The Kier molecular flexibility index (Phi) is 5.04. The number of rotatable bonds is 3. The molecule has 2 heterocycles. The molecule has 2 aromatic rings. The number of carbonyl (C=O) groups excluding carboxylic acids is 1. The van der Waals surface area contributed by atoms with Gasteiger partial charge in [-0.05, 0) is 50.5 Å². The SMILES string of the molecule is CC(N)C1CCCCN1C(=O)c1ccn(-c2cccc(C(F)(F)F)c2)n1. The molecule has 2 N–H and O–H groups in total. The van der Waals surface area contributed by atoms with E-state index in [9.17, 15) is 18.0 Å². The van der Waals surface area contributed by atoms with Crippen molar-refractivity contribution in [3.05, 3.63) is 47.8 Å². The van der Waals surface area contributed by atoms with E-state index < -0.39 is 11.7 Å². The van der Waals surface area contributed by atoms with Gasteiger partial charge >= 0.3 is 6.18 Å². The number of likely N-dealkylation sites (tertiary alicyclic amines) is 1. The van der Waals surface area contributed by atoms with Crippen molar-refractivity contribution in [1.29, 1.82) is 0 Å². The van der Waals surface area contributed by atoms with Gasteiger partial charge in [0.15, 0.2) is 5.69 Å². The van der Waals surface area contributed by atoms with Gasteiger partial charge in [-0.3, -0.25) is 4.79 Å². The second-order valence-electron chi connectivity index (χ2n) is 6.61. The maximum Gasteiger partial charge on any atom is 0.416 e. The van der Waals surface area contributed by atoms with E-state index in [0.717, 1.165) is 31.4 Å². The summed E-state index contributed by atoms with van der Waals surface area (Å²) in [7, 11) is 0. The summed E-state index contributed by atoms with van der Waals surface area (Å²) in [5.74, 6) is -0.238. The van der Waals surface area contributed by atoms with Crippen LogP contribution in [-0.2, 0) is 6.18 Å². The van der Waals surface area contributed by atoms with Gasteiger partial charge in [0.25, 0.3) is 5.91 Å². The Balaban J connectivity index is 1.85. The number of amides is 1. The van der Waals surface area contributed by atoms with E-state index in [0.29, 0.717) is 6.54 Å². The zero-order chi connectivity index (χ0) is 18.9. The van der Waals surface area contributed by atoms with Gasteiger partial charge in [-0.2, -0.15) is 18.3 Å². The molecule has 1 amide bonds. The molecule has 8 heteroatoms. The minimum Gasteiger partial charge on any atom is -0.333 e. The second-order valence-corrected chi connectivity index (χ2v) is 6.61. The van der Waals surface area contributed by atoms with Crippen molar-refractivity contribution in [2.45, 2.75) is 44.4 Å². The number of alkyl halides is 3. The first-order valence-electron chi connectivity index (χ1n) is 8.57. The molecule has 0 saturated carbocycles. The Morgan fingerprint density at radius 2 is 2.08 bits per heavy atom. The lowest BCUT2D eigenvalue weighted by atomic mass is 9.96. The molecule has 3 rings (SSSR count). The van der Waals surface area contributed by atoms with Crippen LogP contribution in [0.3, 0.4) is 0 Å². The topological polar surface area (TPSA) is 64.2 Å². The third kappa shape index (κ3) is 3.75. The van der Waals surface area contributed by atoms with E-state index in [1.165, 1.54) is 29.1 Å². The lowest BCUT2D eigenvalue weighted by Crippen LogP contribution is -2.51. The Hall–Kier alpha value is -2.35. The minimum atomic E-state index is -4.43. The summed E-state index contributed by atoms with van der Waals surface area (Å²) >= 11 is 0. The summed E-state index contributed by atoms with van der Waals surface area (Å²) in [6, 6.07) is 6.17. The van der Waals surface area contributed by atoms with Gasteiger partial charge in [0.2, 0.25) is 0 Å². The van der Waals surface area contributed by atoms with Crippen molar-refractivity contribution < 1.29 is 18.0 Å². The van der Waals surface area contributed by atoms with Crippen molar-refractivity contribution in [2.24, 2.45) is 5.73 Å². The zero-order valence-corrected chi connectivity index (χ0v) is 14.4. The van der Waals surface area contributed by atoms with Crippen LogP contribution in [0.25, 0.3) is 5.69 Å². The zero-order valence-electron chi connectivity index (χ0n) is 14.4. The van der Waals surface area contributed by atoms with Crippen LogP contribution in [0.4, 0.5) is 13.2 Å². The third-order valence-corrected chi connectivity index (χ3v) is 4.66. The van der Waals surface area contributed by atoms with Gasteiger partial charge in [-0.25, -0.2) is 4.68 Å². The number of nitrogens with zero attached hydrogens (tertiary/aromatic N) is 3. The highest BCUT2D eigenvalue weighted by Crippen LogP contribution is 2.30. The van der Waals surface area contributed by atoms with Gasteiger partial charge in [0.1, 0.15) is 0 Å². The standard InChI is InChI=1S/C18H21F3N4O/c1-12(22)16-7-2-3-9-24(16)17(26)15-8-10-25(23-15)14-6-4-5-13(11-14)18(19,20)21/h4-6,8,10-12,16H,2-3,7,9,22H2,1H3. The lowest BCUT2D eigenvalue weighted by Gasteiger charge is -2.37. The number of hydrogen-bond acceptors (Lipinski definition) is 3. The summed E-state index contributed by atoms with van der Waals surface area (Å²) in [4.78, 5) is 14.5. The molecule has 0 aliphatic carbocycles. The van der Waals surface area contributed by atoms with Crippen LogP contribution in [0.1, 0.15) is 42.2 Å². The first-order chi connectivity index (χ1) is 12.3. The molecule has 140 valence electrons. The highest BCUT2D eigenvalue weighted by atomic mass is 19.4. The number of nitrogens with two attached hydrogens (primary N) is 1. The number of hydrogen-bond donors (Lipinski definition) is 1. The third-order valence-electron chi connectivity index (χ3n) is 4.66. The maximum absolute atomic E-state index is 12.9. The van der Waals surface area contributed by atoms with Crippen molar-refractivity contribution in [1.82, 2.24) is 14.7 Å². The van der Waals surface area contributed by atoms with Gasteiger partial charge in [0.05, 0.1) is 11.3 Å². The summed E-state index contributed by atoms with van der Waals surface area (Å²) in [6.07, 6.45) is -0.163. The van der Waals surface area contributed by atoms with Crippen LogP contribution in [0.2, 0.25) is 0 Å². The smallest absolute Gasteiger partial charge is 0.333 e. The maximum atomic E-state index is 12.9. The second kappa shape index (κ2) is 7.11. The Morgan fingerprint density at radius 3 is 2.77 bits per heavy atom. The first kappa shape index (κ1) is 18.4. The lowest BCUT2D eigenvalue weighted by molar-refractivity contribution is -0.137. The number of halogens is 3. The van der Waals surface area contributed by atoms with Crippen molar-refractivity contribution in [3.63, 3.8) is 0 Å². The summed E-state index contributed by atoms with van der Waals surface area (Å²) in [6.45, 7) is 2.49. The number of piperidine rings is 1. The molecule has 1 aliphatic heterocycles. The normalized spacial score (nSPS) is 19.4. The fourth-order valence-corrected chi connectivity index (χ4v) is 3.31. The number of benzene rings is 1. The molecule has 5 nitrogen and oxygen atoms in total. The van der Waals surface area contributed by atoms with E-state index in [1.54, 1.807) is 4.90 Å². The molecule has 1 saturated heterocycles. The summed E-state index contributed by atoms with van der Waals surface area (Å²) in [5.41, 5.74) is 5.70. The van der Waals surface area contributed by atoms with Gasteiger partial charge in [-0.1, -0.05) is 6.07 Å². The largest absolute Gasteiger partial charge is 0.416 e.